The van der Waals surface area contributed by atoms with Crippen LogP contribution in [0.25, 0.3) is 0 Å². The van der Waals surface area contributed by atoms with E-state index in [9.17, 15) is 0 Å². The molecule has 0 aromatic heterocycles. The van der Waals surface area contributed by atoms with Crippen molar-refractivity contribution in [2.75, 3.05) is 0 Å². The molecule has 0 aliphatic heterocycles. The Morgan fingerprint density at radius 2 is 0.800 bits per heavy atom. The van der Waals surface area contributed by atoms with Crippen molar-refractivity contribution in [1.29, 1.82) is 0 Å². The second-order valence-corrected chi connectivity index (χ2v) is 1.50. The second kappa shape index (κ2) is 16.2. The van der Waals surface area contributed by atoms with Crippen molar-refractivity contribution in [3.8, 4) is 0 Å². The summed E-state index contributed by atoms with van der Waals surface area (Å²) in [6.07, 6.45) is 0. The van der Waals surface area contributed by atoms with Gasteiger partial charge in [0.2, 0.25) is 0 Å². The first-order chi connectivity index (χ1) is 3.46. The Kier molecular flexibility index (Phi) is 36.4. The zero-order valence-corrected chi connectivity index (χ0v) is 8.97. The third-order valence-electron chi connectivity index (χ3n) is 0. The van der Waals surface area contributed by atoms with Gasteiger partial charge >= 0.3 is 39.7 Å². The number of hydrogen-bond acceptors (Lipinski definition) is 6. The predicted molar refractivity (Wildman–Crippen MR) is 18.6 cm³/mol. The van der Waals surface area contributed by atoms with Crippen LogP contribution in [-0.4, -0.2) is 35.7 Å². The average Bonchev–Trinajstić information content (AvgIpc) is 1.25. The van der Waals surface area contributed by atoms with Gasteiger partial charge < -0.3 is 28.1 Å². The van der Waals surface area contributed by atoms with Crippen molar-refractivity contribution in [2.24, 2.45) is 0 Å². The number of hydrogen-bond donors (Lipinski definition) is 0. The van der Waals surface area contributed by atoms with Crippen molar-refractivity contribution in [2.45, 2.75) is 0 Å². The van der Waals surface area contributed by atoms with Crippen LogP contribution in [0.1, 0.15) is 0 Å². The maximum atomic E-state index is 8.52. The van der Waals surface area contributed by atoms with Crippen molar-refractivity contribution >= 4 is 35.7 Å². The largest absolute Gasteiger partial charge is 3.00 e. The zero-order valence-electron chi connectivity index (χ0n) is 4.33. The molecule has 0 aliphatic rings. The van der Waals surface area contributed by atoms with Crippen LogP contribution in [0.3, 0.4) is 0 Å². The van der Waals surface area contributed by atoms with Crippen molar-refractivity contribution in [1.82, 2.24) is 0 Å². The molecule has 0 unspecified atom stereocenters. The van der Waals surface area contributed by atoms with Gasteiger partial charge in [0.25, 0.3) is 0 Å². The Balaban J connectivity index is -0.0000000300. The second-order valence-electron chi connectivity index (χ2n) is 0.500. The van der Waals surface area contributed by atoms with Gasteiger partial charge in [-0.3, -0.25) is 0 Å². The van der Waals surface area contributed by atoms with Crippen LogP contribution in [0.5, 0.6) is 0 Å². The SMILES string of the molecule is O=[Si]([O-])[O-].O=[Si]([O-])[O-].[Ag+].[Al+3]. The fourth-order valence-corrected chi connectivity index (χ4v) is 0. The molecule has 10 heavy (non-hydrogen) atoms. The molecule has 0 heterocycles. The minimum atomic E-state index is -3.63. The van der Waals surface area contributed by atoms with E-state index in [0.717, 1.165) is 0 Å². The van der Waals surface area contributed by atoms with Gasteiger partial charge in [0.15, 0.2) is 0 Å². The Morgan fingerprint density at radius 1 is 0.800 bits per heavy atom. The van der Waals surface area contributed by atoms with E-state index in [1.165, 1.54) is 0 Å². The number of rotatable bonds is 0. The molecule has 0 aliphatic carbocycles. The fraction of sp³-hybridized carbons (Fsp3) is 0. The van der Waals surface area contributed by atoms with E-state index < -0.39 is 18.3 Å². The normalized spacial score (nSPS) is 4.80. The van der Waals surface area contributed by atoms with Crippen LogP contribution in [0.15, 0.2) is 0 Å². The van der Waals surface area contributed by atoms with E-state index in [1.807, 2.05) is 0 Å². The molecule has 10 heteroatoms. The van der Waals surface area contributed by atoms with Crippen molar-refractivity contribution in [3.63, 3.8) is 0 Å². The van der Waals surface area contributed by atoms with Gasteiger partial charge in [0, 0.05) is 18.3 Å². The summed E-state index contributed by atoms with van der Waals surface area (Å²) < 4.78 is 17.0. The topological polar surface area (TPSA) is 126 Å². The molecule has 0 bridgehead atoms. The molecule has 0 radical (unpaired) electrons. The molecule has 0 spiro atoms. The fourth-order valence-electron chi connectivity index (χ4n) is 0. The maximum absolute atomic E-state index is 8.52. The first kappa shape index (κ1) is 22.4. The first-order valence-electron chi connectivity index (χ1n) is 1.22. The summed E-state index contributed by atoms with van der Waals surface area (Å²) in [6, 6.07) is 0. The summed E-state index contributed by atoms with van der Waals surface area (Å²) in [6.45, 7) is 0. The van der Waals surface area contributed by atoms with E-state index in [1.54, 1.807) is 0 Å². The third-order valence-corrected chi connectivity index (χ3v) is 0. The van der Waals surface area contributed by atoms with Crippen LogP contribution in [0.4, 0.5) is 0 Å². The summed E-state index contributed by atoms with van der Waals surface area (Å²) in [5, 5.41) is 0. The van der Waals surface area contributed by atoms with Gasteiger partial charge in [-0.25, -0.2) is 0 Å². The molecule has 0 aromatic carbocycles. The van der Waals surface area contributed by atoms with Gasteiger partial charge in [0.05, 0.1) is 0 Å². The van der Waals surface area contributed by atoms with E-state index in [2.05, 4.69) is 0 Å². The van der Waals surface area contributed by atoms with Gasteiger partial charge in [-0.2, -0.15) is 0 Å². The van der Waals surface area contributed by atoms with Gasteiger partial charge in [-0.1, -0.05) is 0 Å². The van der Waals surface area contributed by atoms with Gasteiger partial charge in [-0.05, 0) is 0 Å². The molecular formula is AgAlO6Si2. The van der Waals surface area contributed by atoms with Crippen LogP contribution in [0, 0.1) is 0 Å². The van der Waals surface area contributed by atoms with Crippen LogP contribution >= 0.6 is 0 Å². The zero-order chi connectivity index (χ0) is 7.15. The molecular weight excluding hydrogens is 287 g/mol. The molecule has 6 nitrogen and oxygen atoms in total. The smallest absolute Gasteiger partial charge is 0.672 e. The van der Waals surface area contributed by atoms with Crippen LogP contribution in [0.2, 0.25) is 0 Å². The summed E-state index contributed by atoms with van der Waals surface area (Å²) in [5.41, 5.74) is 0. The molecule has 0 amide bonds. The minimum absolute atomic E-state index is 0. The molecule has 0 aromatic rings. The standard InChI is InChI=1S/Ag.Al.2O3Si/c;;2*1-4(2)3/q+1;+3;2*-2. The molecule has 0 saturated heterocycles. The van der Waals surface area contributed by atoms with E-state index in [4.69, 9.17) is 28.1 Å². The average molecular weight is 287 g/mol. The molecule has 58 valence electrons. The molecule has 0 saturated carbocycles. The summed E-state index contributed by atoms with van der Waals surface area (Å²) >= 11 is 0. The maximum Gasteiger partial charge on any atom is 3.00 e. The van der Waals surface area contributed by atoms with E-state index >= 15 is 0 Å². The van der Waals surface area contributed by atoms with E-state index in [-0.39, 0.29) is 39.7 Å². The van der Waals surface area contributed by atoms with E-state index in [0.29, 0.717) is 0 Å². The Bertz CT molecular complexity index is 73.7. The molecule has 0 atom stereocenters. The monoisotopic (exact) mass is 286 g/mol. The van der Waals surface area contributed by atoms with Crippen molar-refractivity contribution < 1.29 is 50.5 Å². The van der Waals surface area contributed by atoms with Crippen molar-refractivity contribution in [3.05, 3.63) is 0 Å². The molecule has 0 fully saturated rings. The van der Waals surface area contributed by atoms with Crippen LogP contribution < -0.4 is 19.2 Å². The van der Waals surface area contributed by atoms with Gasteiger partial charge in [0.1, 0.15) is 0 Å². The third kappa shape index (κ3) is 1870. The molecule has 0 rings (SSSR count). The molecule has 0 N–H and O–H groups in total. The quantitative estimate of drug-likeness (QED) is 0.408. The predicted octanol–water partition coefficient (Wildman–Crippen LogP) is -6.14. The Hall–Kier alpha value is 0.506. The Labute approximate surface area is 86.0 Å². The summed E-state index contributed by atoms with van der Waals surface area (Å²) in [5.74, 6) is 0. The minimum Gasteiger partial charge on any atom is -0.672 e. The van der Waals surface area contributed by atoms with Crippen LogP contribution in [-0.2, 0) is 31.3 Å². The first-order valence-corrected chi connectivity index (χ1v) is 3.67. The summed E-state index contributed by atoms with van der Waals surface area (Å²) in [7, 11) is -7.26. The Morgan fingerprint density at radius 3 is 0.800 bits per heavy atom. The van der Waals surface area contributed by atoms with Gasteiger partial charge in [-0.15, -0.1) is 0 Å². The summed E-state index contributed by atoms with van der Waals surface area (Å²) in [4.78, 5) is 34.1.